The number of benzene rings is 2. The van der Waals surface area contributed by atoms with Gasteiger partial charge in [0, 0.05) is 22.0 Å². The van der Waals surface area contributed by atoms with E-state index >= 15 is 0 Å². The average Bonchev–Trinajstić information content (AvgIpc) is 2.72. The van der Waals surface area contributed by atoms with E-state index in [0.29, 0.717) is 39.4 Å². The van der Waals surface area contributed by atoms with Gasteiger partial charge < -0.3 is 19.2 Å². The Kier molecular flexibility index (Phi) is 5.46. The van der Waals surface area contributed by atoms with Crippen LogP contribution in [0.15, 0.2) is 51.7 Å². The number of fused-ring (bicyclic) bond motifs is 2. The first-order valence-electron chi connectivity index (χ1n) is 9.42. The van der Waals surface area contributed by atoms with Crippen LogP contribution in [0.25, 0.3) is 11.0 Å². The van der Waals surface area contributed by atoms with Gasteiger partial charge in [-0.1, -0.05) is 30.7 Å². The minimum absolute atomic E-state index is 0.159. The Bertz CT molecular complexity index is 1200. The Morgan fingerprint density at radius 2 is 1.97 bits per heavy atom. The van der Waals surface area contributed by atoms with Crippen LogP contribution in [0.1, 0.15) is 24.5 Å². The molecule has 1 aromatic heterocycles. The maximum absolute atomic E-state index is 12.3. The molecule has 0 saturated carbocycles. The predicted octanol–water partition coefficient (Wildman–Crippen LogP) is 3.84. The smallest absolute Gasteiger partial charge is 0.336 e. The molecule has 0 spiro atoms. The molecule has 1 amide bonds. The van der Waals surface area contributed by atoms with Gasteiger partial charge in [-0.15, -0.1) is 0 Å². The molecule has 4 rings (SSSR count). The molecule has 1 atom stereocenters. The van der Waals surface area contributed by atoms with Crippen molar-refractivity contribution in [3.63, 3.8) is 0 Å². The number of carbonyl (C=O) groups is 2. The molecule has 0 fully saturated rings. The molecule has 2 heterocycles. The lowest BCUT2D eigenvalue weighted by Crippen LogP contribution is -2.38. The van der Waals surface area contributed by atoms with Gasteiger partial charge >= 0.3 is 11.6 Å². The van der Waals surface area contributed by atoms with Gasteiger partial charge in [0.15, 0.2) is 6.10 Å². The molecule has 3 aromatic rings. The van der Waals surface area contributed by atoms with Crippen LogP contribution in [-0.2, 0) is 27.4 Å². The van der Waals surface area contributed by atoms with E-state index < -0.39 is 23.6 Å². The van der Waals surface area contributed by atoms with E-state index in [1.165, 1.54) is 6.07 Å². The van der Waals surface area contributed by atoms with Gasteiger partial charge in [0.25, 0.3) is 5.91 Å². The summed E-state index contributed by atoms with van der Waals surface area (Å²) in [7, 11) is 0. The number of carbonyl (C=O) groups excluding carboxylic acids is 2. The fourth-order valence-electron chi connectivity index (χ4n) is 3.27. The summed E-state index contributed by atoms with van der Waals surface area (Å²) in [6, 6.07) is 11.6. The zero-order chi connectivity index (χ0) is 21.3. The van der Waals surface area contributed by atoms with Gasteiger partial charge in [-0.3, -0.25) is 9.59 Å². The second-order valence-corrected chi connectivity index (χ2v) is 7.25. The van der Waals surface area contributed by atoms with Crippen molar-refractivity contribution in [2.45, 2.75) is 32.5 Å². The van der Waals surface area contributed by atoms with E-state index in [4.69, 9.17) is 25.5 Å². The number of aryl methyl sites for hydroxylation is 1. The molecule has 0 radical (unpaired) electrons. The summed E-state index contributed by atoms with van der Waals surface area (Å²) in [6.45, 7) is 1.78. The quantitative estimate of drug-likeness (QED) is 0.491. The number of anilines is 1. The molecule has 8 heteroatoms. The summed E-state index contributed by atoms with van der Waals surface area (Å²) in [4.78, 5) is 36.4. The van der Waals surface area contributed by atoms with Gasteiger partial charge in [-0.2, -0.15) is 0 Å². The van der Waals surface area contributed by atoms with Crippen LogP contribution in [0, 0.1) is 0 Å². The van der Waals surface area contributed by atoms with Crippen molar-refractivity contribution in [3.05, 3.63) is 69.0 Å². The number of halogens is 1. The second-order valence-electron chi connectivity index (χ2n) is 6.84. The molecule has 30 heavy (non-hydrogen) atoms. The Hall–Kier alpha value is -3.32. The summed E-state index contributed by atoms with van der Waals surface area (Å²) in [5.74, 6) is -0.564. The fourth-order valence-corrected chi connectivity index (χ4v) is 3.57. The van der Waals surface area contributed by atoms with Gasteiger partial charge in [0.05, 0.1) is 12.1 Å². The molecule has 0 aliphatic carbocycles. The van der Waals surface area contributed by atoms with Crippen molar-refractivity contribution < 1.29 is 23.5 Å². The highest BCUT2D eigenvalue weighted by molar-refractivity contribution is 6.32. The average molecular weight is 428 g/mol. The molecule has 154 valence electrons. The summed E-state index contributed by atoms with van der Waals surface area (Å²) in [5.41, 5.74) is 1.70. The molecular weight excluding hydrogens is 410 g/mol. The number of amides is 1. The Labute approximate surface area is 176 Å². The molecular formula is C22H18ClNO6. The standard InChI is InChI=1S/C22H18ClNO6/c1-2-12-7-18-14(9-15(12)23)13(8-21(26)30-18)11-28-20(25)10-19-22(27)24-16-5-3-4-6-17(16)29-19/h3-9,19H,2,10-11H2,1H3,(H,24,27). The van der Waals surface area contributed by atoms with Crippen molar-refractivity contribution in [2.75, 3.05) is 5.32 Å². The van der Waals surface area contributed by atoms with Gasteiger partial charge in [0.2, 0.25) is 0 Å². The molecule has 2 aromatic carbocycles. The number of para-hydroxylation sites is 2. The first kappa shape index (κ1) is 20.0. The lowest BCUT2D eigenvalue weighted by Gasteiger charge is -2.25. The molecule has 1 N–H and O–H groups in total. The minimum Gasteiger partial charge on any atom is -0.478 e. The molecule has 1 unspecified atom stereocenters. The Morgan fingerprint density at radius 3 is 2.77 bits per heavy atom. The van der Waals surface area contributed by atoms with Gasteiger partial charge in [0.1, 0.15) is 17.9 Å². The largest absolute Gasteiger partial charge is 0.478 e. The third kappa shape index (κ3) is 4.02. The summed E-state index contributed by atoms with van der Waals surface area (Å²) < 4.78 is 16.2. The van der Waals surface area contributed by atoms with E-state index in [9.17, 15) is 14.4 Å². The summed E-state index contributed by atoms with van der Waals surface area (Å²) in [6.07, 6.45) is -0.573. The molecule has 0 saturated heterocycles. The maximum atomic E-state index is 12.3. The SMILES string of the molecule is CCc1cc2oc(=O)cc(COC(=O)CC3Oc4ccccc4NC3=O)c2cc1Cl. The highest BCUT2D eigenvalue weighted by Crippen LogP contribution is 2.30. The van der Waals surface area contributed by atoms with Crippen molar-refractivity contribution in [1.29, 1.82) is 0 Å². The number of nitrogens with one attached hydrogen (secondary N) is 1. The van der Waals surface area contributed by atoms with Crippen LogP contribution in [0.4, 0.5) is 5.69 Å². The maximum Gasteiger partial charge on any atom is 0.336 e. The zero-order valence-electron chi connectivity index (χ0n) is 16.1. The highest BCUT2D eigenvalue weighted by atomic mass is 35.5. The molecule has 7 nitrogen and oxygen atoms in total. The molecule has 0 bridgehead atoms. The Morgan fingerprint density at radius 1 is 1.17 bits per heavy atom. The van der Waals surface area contributed by atoms with Crippen molar-refractivity contribution >= 4 is 40.1 Å². The number of hydrogen-bond donors (Lipinski definition) is 1. The second kappa shape index (κ2) is 8.20. The van der Waals surface area contributed by atoms with Crippen LogP contribution >= 0.6 is 11.6 Å². The third-order valence-corrected chi connectivity index (χ3v) is 5.18. The number of esters is 1. The van der Waals surface area contributed by atoms with Crippen LogP contribution in [0.5, 0.6) is 5.75 Å². The third-order valence-electron chi connectivity index (χ3n) is 4.83. The van der Waals surface area contributed by atoms with Crippen molar-refractivity contribution in [1.82, 2.24) is 0 Å². The van der Waals surface area contributed by atoms with Crippen molar-refractivity contribution in [3.8, 4) is 5.75 Å². The van der Waals surface area contributed by atoms with E-state index in [1.807, 2.05) is 6.92 Å². The molecule has 1 aliphatic rings. The van der Waals surface area contributed by atoms with Crippen molar-refractivity contribution in [2.24, 2.45) is 0 Å². The minimum atomic E-state index is -0.994. The van der Waals surface area contributed by atoms with E-state index in [-0.39, 0.29) is 13.0 Å². The monoisotopic (exact) mass is 427 g/mol. The van der Waals surface area contributed by atoms with E-state index in [1.54, 1.807) is 36.4 Å². The zero-order valence-corrected chi connectivity index (χ0v) is 16.8. The van der Waals surface area contributed by atoms with Crippen LogP contribution in [0.3, 0.4) is 0 Å². The van der Waals surface area contributed by atoms with E-state index in [2.05, 4.69) is 5.32 Å². The Balaban J connectivity index is 1.48. The van der Waals surface area contributed by atoms with Crippen LogP contribution in [-0.4, -0.2) is 18.0 Å². The lowest BCUT2D eigenvalue weighted by molar-refractivity contribution is -0.149. The summed E-state index contributed by atoms with van der Waals surface area (Å²) in [5, 5.41) is 3.83. The van der Waals surface area contributed by atoms with Gasteiger partial charge in [-0.25, -0.2) is 4.79 Å². The highest BCUT2D eigenvalue weighted by Gasteiger charge is 2.30. The van der Waals surface area contributed by atoms with Crippen LogP contribution in [0.2, 0.25) is 5.02 Å². The first-order chi connectivity index (χ1) is 14.4. The topological polar surface area (TPSA) is 94.8 Å². The normalized spacial score (nSPS) is 15.3. The number of ether oxygens (including phenoxy) is 2. The van der Waals surface area contributed by atoms with Gasteiger partial charge in [-0.05, 0) is 36.2 Å². The molecule has 1 aliphatic heterocycles. The predicted molar refractivity (Wildman–Crippen MR) is 111 cm³/mol. The first-order valence-corrected chi connectivity index (χ1v) is 9.79. The van der Waals surface area contributed by atoms with Crippen LogP contribution < -0.4 is 15.7 Å². The lowest BCUT2D eigenvalue weighted by atomic mass is 10.1. The number of rotatable bonds is 5. The number of hydrogen-bond acceptors (Lipinski definition) is 6. The van der Waals surface area contributed by atoms with E-state index in [0.717, 1.165) is 5.56 Å². The summed E-state index contributed by atoms with van der Waals surface area (Å²) >= 11 is 6.28. The fraction of sp³-hybridized carbons (Fsp3) is 0.227.